The third-order valence-electron chi connectivity index (χ3n) is 3.59. The van der Waals surface area contributed by atoms with Crippen molar-refractivity contribution in [3.05, 3.63) is 0 Å². The first kappa shape index (κ1) is 14.0. The maximum Gasteiger partial charge on any atom is 0.223 e. The minimum absolute atomic E-state index is 0.222. The highest BCUT2D eigenvalue weighted by atomic mass is 79.9. The first-order chi connectivity index (χ1) is 7.36. The van der Waals surface area contributed by atoms with Gasteiger partial charge in [-0.3, -0.25) is 4.79 Å². The van der Waals surface area contributed by atoms with Gasteiger partial charge in [0.15, 0.2) is 0 Å². The van der Waals surface area contributed by atoms with Gasteiger partial charge in [0.25, 0.3) is 0 Å². The van der Waals surface area contributed by atoms with Crippen LogP contribution in [0, 0.1) is 11.3 Å². The SMILES string of the molecule is CC(CC(=O)N(CCBr)C1CC1)C(C)(C)C. The van der Waals surface area contributed by atoms with Crippen LogP contribution >= 0.6 is 15.9 Å². The normalized spacial score (nSPS) is 18.3. The van der Waals surface area contributed by atoms with Gasteiger partial charge in [-0.1, -0.05) is 43.6 Å². The van der Waals surface area contributed by atoms with E-state index in [1.165, 1.54) is 12.8 Å². The summed E-state index contributed by atoms with van der Waals surface area (Å²) in [5, 5.41) is 0.888. The van der Waals surface area contributed by atoms with Crippen molar-refractivity contribution in [2.45, 2.75) is 53.0 Å². The zero-order valence-electron chi connectivity index (χ0n) is 10.9. The summed E-state index contributed by atoms with van der Waals surface area (Å²) in [6.07, 6.45) is 3.08. The molecular formula is C13H24BrNO. The monoisotopic (exact) mass is 289 g/mol. The lowest BCUT2D eigenvalue weighted by molar-refractivity contribution is -0.133. The zero-order chi connectivity index (χ0) is 12.3. The molecule has 2 nitrogen and oxygen atoms in total. The first-order valence-electron chi connectivity index (χ1n) is 6.21. The maximum absolute atomic E-state index is 12.2. The lowest BCUT2D eigenvalue weighted by Crippen LogP contribution is -2.37. The summed E-state index contributed by atoms with van der Waals surface area (Å²) in [6, 6.07) is 0.539. The van der Waals surface area contributed by atoms with Crippen molar-refractivity contribution in [1.82, 2.24) is 4.90 Å². The molecule has 0 bridgehead atoms. The van der Waals surface area contributed by atoms with E-state index in [4.69, 9.17) is 0 Å². The number of alkyl halides is 1. The van der Waals surface area contributed by atoms with E-state index in [0.717, 1.165) is 11.9 Å². The Labute approximate surface area is 108 Å². The largest absolute Gasteiger partial charge is 0.339 e. The van der Waals surface area contributed by atoms with Gasteiger partial charge in [0.2, 0.25) is 5.91 Å². The number of carbonyl (C=O) groups is 1. The van der Waals surface area contributed by atoms with Crippen LogP contribution in [0.2, 0.25) is 0 Å². The summed E-state index contributed by atoms with van der Waals surface area (Å²) < 4.78 is 0. The molecule has 1 rings (SSSR count). The molecule has 0 aromatic carbocycles. The van der Waals surface area contributed by atoms with Crippen LogP contribution in [0.4, 0.5) is 0 Å². The molecule has 1 atom stereocenters. The van der Waals surface area contributed by atoms with Gasteiger partial charge in [-0.15, -0.1) is 0 Å². The first-order valence-corrected chi connectivity index (χ1v) is 7.34. The smallest absolute Gasteiger partial charge is 0.223 e. The van der Waals surface area contributed by atoms with Crippen LogP contribution in [0.5, 0.6) is 0 Å². The van der Waals surface area contributed by atoms with Crippen molar-refractivity contribution in [2.75, 3.05) is 11.9 Å². The Morgan fingerprint density at radius 2 is 2.00 bits per heavy atom. The molecule has 1 saturated carbocycles. The predicted molar refractivity (Wildman–Crippen MR) is 71.8 cm³/mol. The standard InChI is InChI=1S/C13H24BrNO/c1-10(13(2,3)4)9-12(16)15(8-7-14)11-5-6-11/h10-11H,5-9H2,1-4H3. The summed E-state index contributed by atoms with van der Waals surface area (Å²) in [5.74, 6) is 0.779. The molecule has 1 aliphatic carbocycles. The highest BCUT2D eigenvalue weighted by Gasteiger charge is 2.33. The highest BCUT2D eigenvalue weighted by molar-refractivity contribution is 9.09. The Balaban J connectivity index is 2.48. The molecule has 0 radical (unpaired) electrons. The fourth-order valence-corrected chi connectivity index (χ4v) is 2.06. The second kappa shape index (κ2) is 5.52. The van der Waals surface area contributed by atoms with Gasteiger partial charge < -0.3 is 4.90 Å². The van der Waals surface area contributed by atoms with Crippen molar-refractivity contribution in [2.24, 2.45) is 11.3 Å². The van der Waals surface area contributed by atoms with Crippen molar-refractivity contribution in [3.63, 3.8) is 0 Å². The van der Waals surface area contributed by atoms with Crippen LogP contribution in [0.15, 0.2) is 0 Å². The summed E-state index contributed by atoms with van der Waals surface area (Å²) in [6.45, 7) is 9.65. The number of hydrogen-bond acceptors (Lipinski definition) is 1. The maximum atomic E-state index is 12.2. The predicted octanol–water partition coefficient (Wildman–Crippen LogP) is 3.44. The van der Waals surface area contributed by atoms with E-state index >= 15 is 0 Å². The molecule has 0 heterocycles. The van der Waals surface area contributed by atoms with Gasteiger partial charge in [0, 0.05) is 24.3 Å². The Bertz CT molecular complexity index is 243. The van der Waals surface area contributed by atoms with Crippen LogP contribution in [0.25, 0.3) is 0 Å². The van der Waals surface area contributed by atoms with Crippen molar-refractivity contribution in [1.29, 1.82) is 0 Å². The third-order valence-corrected chi connectivity index (χ3v) is 3.95. The number of amides is 1. The molecule has 16 heavy (non-hydrogen) atoms. The minimum Gasteiger partial charge on any atom is -0.339 e. The van der Waals surface area contributed by atoms with Crippen molar-refractivity contribution < 1.29 is 4.79 Å². The molecule has 3 heteroatoms. The van der Waals surface area contributed by atoms with E-state index in [1.54, 1.807) is 0 Å². The van der Waals surface area contributed by atoms with Crippen LogP contribution in [-0.4, -0.2) is 28.7 Å². The number of hydrogen-bond donors (Lipinski definition) is 0. The van der Waals surface area contributed by atoms with E-state index < -0.39 is 0 Å². The Kier molecular flexibility index (Phi) is 4.84. The molecule has 0 aromatic heterocycles. The van der Waals surface area contributed by atoms with Gasteiger partial charge >= 0.3 is 0 Å². The lowest BCUT2D eigenvalue weighted by atomic mass is 9.80. The summed E-state index contributed by atoms with van der Waals surface area (Å²) in [4.78, 5) is 14.2. The van der Waals surface area contributed by atoms with Gasteiger partial charge in [-0.05, 0) is 24.2 Å². The molecule has 1 fully saturated rings. The van der Waals surface area contributed by atoms with Gasteiger partial charge in [-0.2, -0.15) is 0 Å². The number of halogens is 1. The minimum atomic E-state index is 0.222. The van der Waals surface area contributed by atoms with Gasteiger partial charge in [0.05, 0.1) is 0 Å². The number of nitrogens with zero attached hydrogens (tertiary/aromatic N) is 1. The number of carbonyl (C=O) groups excluding carboxylic acids is 1. The molecule has 0 spiro atoms. The molecule has 0 N–H and O–H groups in total. The summed E-state index contributed by atoms with van der Waals surface area (Å²) in [5.41, 5.74) is 0.222. The molecule has 0 aromatic rings. The molecule has 94 valence electrons. The Morgan fingerprint density at radius 3 is 2.38 bits per heavy atom. The molecular weight excluding hydrogens is 266 g/mol. The highest BCUT2D eigenvalue weighted by Crippen LogP contribution is 2.32. The average Bonchev–Trinajstić information content (AvgIpc) is 2.95. The quantitative estimate of drug-likeness (QED) is 0.710. The van der Waals surface area contributed by atoms with Gasteiger partial charge in [-0.25, -0.2) is 0 Å². The summed E-state index contributed by atoms with van der Waals surface area (Å²) in [7, 11) is 0. The second-order valence-electron chi connectivity index (χ2n) is 5.98. The van der Waals surface area contributed by atoms with Crippen LogP contribution in [0.3, 0.4) is 0 Å². The van der Waals surface area contributed by atoms with E-state index in [9.17, 15) is 4.79 Å². The average molecular weight is 290 g/mol. The Morgan fingerprint density at radius 1 is 1.44 bits per heavy atom. The molecule has 0 saturated heterocycles. The molecule has 1 amide bonds. The zero-order valence-corrected chi connectivity index (χ0v) is 12.5. The fourth-order valence-electron chi connectivity index (χ4n) is 1.67. The van der Waals surface area contributed by atoms with Crippen molar-refractivity contribution >= 4 is 21.8 Å². The van der Waals surface area contributed by atoms with Crippen LogP contribution < -0.4 is 0 Å². The lowest BCUT2D eigenvalue weighted by Gasteiger charge is -2.29. The molecule has 1 aliphatic rings. The van der Waals surface area contributed by atoms with E-state index in [1.807, 2.05) is 0 Å². The van der Waals surface area contributed by atoms with Crippen molar-refractivity contribution in [3.8, 4) is 0 Å². The van der Waals surface area contributed by atoms with Crippen LogP contribution in [-0.2, 0) is 4.79 Å². The fraction of sp³-hybridized carbons (Fsp3) is 0.923. The second-order valence-corrected chi connectivity index (χ2v) is 6.77. The molecule has 1 unspecified atom stereocenters. The Hall–Kier alpha value is -0.0500. The van der Waals surface area contributed by atoms with E-state index in [2.05, 4.69) is 48.5 Å². The topological polar surface area (TPSA) is 20.3 Å². The third kappa shape index (κ3) is 4.08. The van der Waals surface area contributed by atoms with Gasteiger partial charge in [0.1, 0.15) is 0 Å². The van der Waals surface area contributed by atoms with Crippen LogP contribution in [0.1, 0.15) is 47.0 Å². The summed E-state index contributed by atoms with van der Waals surface area (Å²) >= 11 is 3.43. The van der Waals surface area contributed by atoms with E-state index in [-0.39, 0.29) is 5.41 Å². The molecule has 0 aliphatic heterocycles. The number of rotatable bonds is 5. The van der Waals surface area contributed by atoms with E-state index in [0.29, 0.717) is 24.3 Å².